The van der Waals surface area contributed by atoms with Crippen molar-refractivity contribution in [3.8, 4) is 11.3 Å². The van der Waals surface area contributed by atoms with E-state index < -0.39 is 0 Å². The number of hydrogen-bond acceptors (Lipinski definition) is 5. The van der Waals surface area contributed by atoms with Crippen molar-refractivity contribution in [3.05, 3.63) is 60.3 Å². The van der Waals surface area contributed by atoms with Crippen LogP contribution in [0.5, 0.6) is 0 Å². The molecular weight excluding hydrogens is 384 g/mol. The largest absolute Gasteiger partial charge is 0.367 e. The number of aromatic nitrogens is 3. The second kappa shape index (κ2) is 8.65. The molecule has 0 spiro atoms. The molecule has 6 heteroatoms. The maximum Gasteiger partial charge on any atom is 0.181 e. The standard InChI is InChI=1S/C25H30N6/c1-30(2)15-5-14-26-24-25-28-17-23(31(25)22-7-4-3-6-21(22)29-24)19-10-8-18(9-11-19)16-27-20-12-13-20/h3-4,6-11,17,20,27H,5,12-16H2,1-2H3,(H,26,29). The molecule has 6 nitrogen and oxygen atoms in total. The second-order valence-corrected chi connectivity index (χ2v) is 8.69. The number of hydrogen-bond donors (Lipinski definition) is 2. The van der Waals surface area contributed by atoms with E-state index >= 15 is 0 Å². The third-order valence-electron chi connectivity index (χ3n) is 5.82. The molecule has 0 bridgehead atoms. The van der Waals surface area contributed by atoms with Crippen molar-refractivity contribution < 1.29 is 0 Å². The number of para-hydroxylation sites is 2. The van der Waals surface area contributed by atoms with E-state index in [4.69, 9.17) is 9.97 Å². The molecule has 4 aromatic rings. The lowest BCUT2D eigenvalue weighted by Gasteiger charge is -2.13. The first kappa shape index (κ1) is 20.0. The smallest absolute Gasteiger partial charge is 0.181 e. The number of anilines is 1. The monoisotopic (exact) mass is 414 g/mol. The Kier molecular flexibility index (Phi) is 5.57. The summed E-state index contributed by atoms with van der Waals surface area (Å²) in [6.45, 7) is 2.84. The van der Waals surface area contributed by atoms with Gasteiger partial charge >= 0.3 is 0 Å². The predicted octanol–water partition coefficient (Wildman–Crippen LogP) is 4.17. The van der Waals surface area contributed by atoms with Crippen LogP contribution in [-0.2, 0) is 6.54 Å². The van der Waals surface area contributed by atoms with Gasteiger partial charge in [-0.3, -0.25) is 4.40 Å². The molecule has 0 unspecified atom stereocenters. The Morgan fingerprint density at radius 2 is 1.87 bits per heavy atom. The normalized spacial score (nSPS) is 14.0. The first-order chi connectivity index (χ1) is 15.2. The van der Waals surface area contributed by atoms with Crippen LogP contribution in [0.4, 0.5) is 5.82 Å². The van der Waals surface area contributed by atoms with E-state index in [9.17, 15) is 0 Å². The number of fused-ring (bicyclic) bond motifs is 3. The Labute approximate surface area is 183 Å². The molecule has 5 rings (SSSR count). The van der Waals surface area contributed by atoms with Crippen molar-refractivity contribution >= 4 is 22.5 Å². The van der Waals surface area contributed by atoms with Crippen LogP contribution in [0.3, 0.4) is 0 Å². The summed E-state index contributed by atoms with van der Waals surface area (Å²) in [5.41, 5.74) is 6.49. The molecule has 0 radical (unpaired) electrons. The fraction of sp³-hybridized carbons (Fsp3) is 0.360. The van der Waals surface area contributed by atoms with Crippen LogP contribution in [0.2, 0.25) is 0 Å². The lowest BCUT2D eigenvalue weighted by atomic mass is 10.1. The van der Waals surface area contributed by atoms with Crippen LogP contribution in [0.25, 0.3) is 27.9 Å². The molecule has 0 aliphatic heterocycles. The maximum absolute atomic E-state index is 4.87. The molecular formula is C25H30N6. The van der Waals surface area contributed by atoms with Crippen LogP contribution >= 0.6 is 0 Å². The summed E-state index contributed by atoms with van der Waals surface area (Å²) in [5.74, 6) is 0.842. The minimum absolute atomic E-state index is 0.723. The van der Waals surface area contributed by atoms with Gasteiger partial charge in [-0.1, -0.05) is 36.4 Å². The number of rotatable bonds is 9. The van der Waals surface area contributed by atoms with Gasteiger partial charge in [-0.25, -0.2) is 9.97 Å². The zero-order valence-electron chi connectivity index (χ0n) is 18.3. The molecule has 0 saturated heterocycles. The van der Waals surface area contributed by atoms with Crippen LogP contribution in [0.15, 0.2) is 54.7 Å². The van der Waals surface area contributed by atoms with Gasteiger partial charge in [-0.2, -0.15) is 0 Å². The summed E-state index contributed by atoms with van der Waals surface area (Å²) in [6.07, 6.45) is 5.64. The highest BCUT2D eigenvalue weighted by Crippen LogP contribution is 2.29. The Morgan fingerprint density at radius 1 is 1.06 bits per heavy atom. The average Bonchev–Trinajstić information content (AvgIpc) is 3.51. The summed E-state index contributed by atoms with van der Waals surface area (Å²) in [5, 5.41) is 7.10. The van der Waals surface area contributed by atoms with Crippen molar-refractivity contribution in [2.75, 3.05) is 32.5 Å². The van der Waals surface area contributed by atoms with Gasteiger partial charge in [0, 0.05) is 24.7 Å². The van der Waals surface area contributed by atoms with E-state index in [1.54, 1.807) is 0 Å². The van der Waals surface area contributed by atoms with E-state index in [2.05, 4.69) is 76.5 Å². The minimum Gasteiger partial charge on any atom is -0.367 e. The summed E-state index contributed by atoms with van der Waals surface area (Å²) >= 11 is 0. The molecule has 1 aliphatic carbocycles. The molecule has 31 heavy (non-hydrogen) atoms. The Morgan fingerprint density at radius 3 is 2.65 bits per heavy atom. The second-order valence-electron chi connectivity index (χ2n) is 8.69. The number of imidazole rings is 1. The lowest BCUT2D eigenvalue weighted by molar-refractivity contribution is 0.405. The Hall–Kier alpha value is -2.96. The van der Waals surface area contributed by atoms with Gasteiger partial charge in [0.05, 0.1) is 22.9 Å². The molecule has 2 aromatic heterocycles. The van der Waals surface area contributed by atoms with Crippen molar-refractivity contribution in [2.45, 2.75) is 31.8 Å². The van der Waals surface area contributed by atoms with E-state index in [-0.39, 0.29) is 0 Å². The Balaban J connectivity index is 1.48. The van der Waals surface area contributed by atoms with Gasteiger partial charge in [0.1, 0.15) is 0 Å². The van der Waals surface area contributed by atoms with Crippen molar-refractivity contribution in [2.24, 2.45) is 0 Å². The van der Waals surface area contributed by atoms with Gasteiger partial charge in [-0.05, 0) is 57.6 Å². The van der Waals surface area contributed by atoms with Crippen molar-refractivity contribution in [1.29, 1.82) is 0 Å². The molecule has 1 saturated carbocycles. The van der Waals surface area contributed by atoms with Crippen LogP contribution in [0, 0.1) is 0 Å². The van der Waals surface area contributed by atoms with Crippen LogP contribution in [0.1, 0.15) is 24.8 Å². The highest BCUT2D eigenvalue weighted by atomic mass is 15.1. The topological polar surface area (TPSA) is 57.5 Å². The van der Waals surface area contributed by atoms with E-state index in [1.165, 1.54) is 18.4 Å². The number of nitrogens with zero attached hydrogens (tertiary/aromatic N) is 4. The molecule has 1 fully saturated rings. The molecule has 0 atom stereocenters. The van der Waals surface area contributed by atoms with E-state index in [1.807, 2.05) is 12.3 Å². The van der Waals surface area contributed by atoms with Gasteiger partial charge in [-0.15, -0.1) is 0 Å². The Bertz CT molecular complexity index is 1170. The molecule has 160 valence electrons. The van der Waals surface area contributed by atoms with Crippen LogP contribution < -0.4 is 10.6 Å². The molecule has 1 aliphatic rings. The molecule has 0 amide bonds. The predicted molar refractivity (Wildman–Crippen MR) is 127 cm³/mol. The average molecular weight is 415 g/mol. The fourth-order valence-corrected chi connectivity index (χ4v) is 3.95. The quantitative estimate of drug-likeness (QED) is 0.403. The molecule has 2 N–H and O–H groups in total. The minimum atomic E-state index is 0.723. The number of nitrogens with one attached hydrogen (secondary N) is 2. The van der Waals surface area contributed by atoms with Gasteiger partial charge < -0.3 is 15.5 Å². The van der Waals surface area contributed by atoms with Crippen molar-refractivity contribution in [1.82, 2.24) is 24.6 Å². The van der Waals surface area contributed by atoms with Gasteiger partial charge in [0.2, 0.25) is 0 Å². The van der Waals surface area contributed by atoms with Crippen LogP contribution in [-0.4, -0.2) is 52.5 Å². The summed E-state index contributed by atoms with van der Waals surface area (Å²) in [6, 6.07) is 17.8. The first-order valence-corrected chi connectivity index (χ1v) is 11.2. The first-order valence-electron chi connectivity index (χ1n) is 11.2. The third kappa shape index (κ3) is 4.40. The SMILES string of the molecule is CN(C)CCCNc1nc2ccccc2n2c(-c3ccc(CNC4CC4)cc3)cnc12. The van der Waals surface area contributed by atoms with Gasteiger partial charge in [0.15, 0.2) is 11.5 Å². The van der Waals surface area contributed by atoms with Crippen molar-refractivity contribution in [3.63, 3.8) is 0 Å². The van der Waals surface area contributed by atoms with E-state index in [0.29, 0.717) is 0 Å². The highest BCUT2D eigenvalue weighted by molar-refractivity contribution is 5.86. The maximum atomic E-state index is 4.87. The highest BCUT2D eigenvalue weighted by Gasteiger charge is 2.20. The molecule has 2 aromatic carbocycles. The third-order valence-corrected chi connectivity index (χ3v) is 5.82. The fourth-order valence-electron chi connectivity index (χ4n) is 3.95. The molecule has 2 heterocycles. The zero-order chi connectivity index (χ0) is 21.2. The summed E-state index contributed by atoms with van der Waals surface area (Å²) in [4.78, 5) is 11.8. The van der Waals surface area contributed by atoms with Gasteiger partial charge in [0.25, 0.3) is 0 Å². The zero-order valence-corrected chi connectivity index (χ0v) is 18.3. The number of benzene rings is 2. The summed E-state index contributed by atoms with van der Waals surface area (Å²) in [7, 11) is 4.20. The lowest BCUT2D eigenvalue weighted by Crippen LogP contribution is -2.17. The summed E-state index contributed by atoms with van der Waals surface area (Å²) < 4.78 is 2.23. The van der Waals surface area contributed by atoms with E-state index in [0.717, 1.165) is 65.9 Å².